The van der Waals surface area contributed by atoms with Crippen molar-refractivity contribution in [3.63, 3.8) is 0 Å². The molecule has 0 unspecified atom stereocenters. The molecule has 1 aromatic rings. The highest BCUT2D eigenvalue weighted by atomic mass is 16.5. The van der Waals surface area contributed by atoms with E-state index in [2.05, 4.69) is 10.1 Å². The molecule has 2 N–H and O–H groups in total. The van der Waals surface area contributed by atoms with Gasteiger partial charge in [0.1, 0.15) is 13.2 Å². The first-order valence-electron chi connectivity index (χ1n) is 4.75. The largest absolute Gasteiger partial charge is 0.480 e. The number of amides is 1. The Bertz CT molecular complexity index is 480. The first-order valence-corrected chi connectivity index (χ1v) is 4.75. The normalized spacial score (nSPS) is 9.94. The van der Waals surface area contributed by atoms with Gasteiger partial charge < -0.3 is 19.7 Å². The number of carbonyl (C=O) groups excluding carboxylic acids is 1. The van der Waals surface area contributed by atoms with Crippen LogP contribution in [0.4, 0.5) is 5.69 Å². The number of hydrogen-bond donors (Lipinski definition) is 2. The van der Waals surface area contributed by atoms with Crippen LogP contribution in [0.2, 0.25) is 0 Å². The number of ether oxygens (including phenoxy) is 1. The van der Waals surface area contributed by atoms with Crippen molar-refractivity contribution in [3.05, 3.63) is 28.7 Å². The number of aliphatic carboxylic acids is 1. The van der Waals surface area contributed by atoms with Crippen molar-refractivity contribution in [1.82, 2.24) is 4.57 Å². The molecule has 0 aliphatic carbocycles. The van der Waals surface area contributed by atoms with E-state index >= 15 is 0 Å². The molecule has 7 heteroatoms. The number of aryl methyl sites for hydroxylation is 1. The summed E-state index contributed by atoms with van der Waals surface area (Å²) in [6.45, 7) is -0.879. The molecule has 1 aromatic heterocycles. The Labute approximate surface area is 96.6 Å². The van der Waals surface area contributed by atoms with E-state index in [1.54, 1.807) is 7.05 Å². The summed E-state index contributed by atoms with van der Waals surface area (Å²) in [5, 5.41) is 10.8. The molecule has 0 radical (unpaired) electrons. The van der Waals surface area contributed by atoms with Gasteiger partial charge in [-0.2, -0.15) is 0 Å². The highest BCUT2D eigenvalue weighted by Crippen LogP contribution is 2.01. The molecule has 7 nitrogen and oxygen atoms in total. The zero-order valence-electron chi connectivity index (χ0n) is 9.17. The van der Waals surface area contributed by atoms with E-state index in [1.807, 2.05) is 0 Å². The fraction of sp³-hybridized carbons (Fsp3) is 0.300. The van der Waals surface area contributed by atoms with Crippen molar-refractivity contribution in [1.29, 1.82) is 0 Å². The number of carboxylic acid groups (broad SMARTS) is 1. The number of pyridine rings is 1. The fourth-order valence-corrected chi connectivity index (χ4v) is 1.10. The molecule has 0 aromatic carbocycles. The molecule has 0 aliphatic heterocycles. The topological polar surface area (TPSA) is 97.6 Å². The number of aromatic nitrogens is 1. The number of hydrogen-bond acceptors (Lipinski definition) is 4. The molecule has 1 amide bonds. The van der Waals surface area contributed by atoms with Crippen molar-refractivity contribution in [2.45, 2.75) is 0 Å². The molecule has 0 saturated carbocycles. The van der Waals surface area contributed by atoms with Gasteiger partial charge in [0.15, 0.2) is 0 Å². The molecule has 0 fully saturated rings. The summed E-state index contributed by atoms with van der Waals surface area (Å²) in [7, 11) is 1.55. The van der Waals surface area contributed by atoms with Gasteiger partial charge >= 0.3 is 5.97 Å². The Morgan fingerprint density at radius 3 is 2.71 bits per heavy atom. The number of rotatable bonds is 5. The minimum absolute atomic E-state index is 0.190. The average molecular weight is 240 g/mol. The monoisotopic (exact) mass is 240 g/mol. The molecule has 1 heterocycles. The Kier molecular flexibility index (Phi) is 4.41. The van der Waals surface area contributed by atoms with E-state index in [4.69, 9.17) is 5.11 Å². The minimum Gasteiger partial charge on any atom is -0.480 e. The Morgan fingerprint density at radius 1 is 1.41 bits per heavy atom. The van der Waals surface area contributed by atoms with Crippen LogP contribution in [0.1, 0.15) is 0 Å². The second-order valence-electron chi connectivity index (χ2n) is 3.30. The van der Waals surface area contributed by atoms with Gasteiger partial charge in [-0.1, -0.05) is 0 Å². The van der Waals surface area contributed by atoms with Gasteiger partial charge in [0.05, 0.1) is 5.69 Å². The lowest BCUT2D eigenvalue weighted by Crippen LogP contribution is -2.22. The molecule has 1 rings (SSSR count). The third kappa shape index (κ3) is 4.47. The third-order valence-electron chi connectivity index (χ3n) is 1.83. The maximum atomic E-state index is 11.3. The van der Waals surface area contributed by atoms with Crippen LogP contribution in [0.25, 0.3) is 0 Å². The number of anilines is 1. The maximum absolute atomic E-state index is 11.3. The van der Waals surface area contributed by atoms with E-state index in [0.29, 0.717) is 5.69 Å². The van der Waals surface area contributed by atoms with Crippen LogP contribution in [0.5, 0.6) is 0 Å². The van der Waals surface area contributed by atoms with Gasteiger partial charge in [0.25, 0.3) is 0 Å². The number of carboxylic acids is 1. The van der Waals surface area contributed by atoms with E-state index in [1.165, 1.54) is 22.9 Å². The highest BCUT2D eigenvalue weighted by molar-refractivity contribution is 5.91. The molecule has 0 bridgehead atoms. The van der Waals surface area contributed by atoms with Crippen LogP contribution in [-0.4, -0.2) is 34.8 Å². The molecular weight excluding hydrogens is 228 g/mol. The second kappa shape index (κ2) is 5.80. The summed E-state index contributed by atoms with van der Waals surface area (Å²) in [6.07, 6.45) is 1.46. The minimum atomic E-state index is -1.14. The van der Waals surface area contributed by atoms with Gasteiger partial charge in [-0.15, -0.1) is 0 Å². The summed E-state index contributed by atoms with van der Waals surface area (Å²) >= 11 is 0. The lowest BCUT2D eigenvalue weighted by Gasteiger charge is -2.06. The van der Waals surface area contributed by atoms with E-state index in [9.17, 15) is 14.4 Å². The maximum Gasteiger partial charge on any atom is 0.329 e. The molecule has 0 saturated heterocycles. The van der Waals surface area contributed by atoms with Gasteiger partial charge in [-0.25, -0.2) is 4.79 Å². The quantitative estimate of drug-likeness (QED) is 0.718. The molecule has 92 valence electrons. The first-order chi connectivity index (χ1) is 7.99. The molecule has 0 atom stereocenters. The van der Waals surface area contributed by atoms with Crippen molar-refractivity contribution < 1.29 is 19.4 Å². The predicted molar refractivity (Wildman–Crippen MR) is 58.8 cm³/mol. The van der Waals surface area contributed by atoms with Crippen molar-refractivity contribution >= 4 is 17.6 Å². The Balaban J connectivity index is 2.48. The Morgan fingerprint density at radius 2 is 2.12 bits per heavy atom. The van der Waals surface area contributed by atoms with Crippen molar-refractivity contribution in [2.75, 3.05) is 18.5 Å². The standard InChI is InChI=1S/C10H12N2O5/c1-12-4-7(2-3-9(12)14)11-8(13)5-17-6-10(15)16/h2-4H,5-6H2,1H3,(H,11,13)(H,15,16). The summed E-state index contributed by atoms with van der Waals surface area (Å²) in [4.78, 5) is 32.5. The first kappa shape index (κ1) is 12.9. The van der Waals surface area contributed by atoms with Crippen LogP contribution in [0.3, 0.4) is 0 Å². The fourth-order valence-electron chi connectivity index (χ4n) is 1.10. The number of nitrogens with one attached hydrogen (secondary N) is 1. The third-order valence-corrected chi connectivity index (χ3v) is 1.83. The van der Waals surface area contributed by atoms with E-state index in [0.717, 1.165) is 0 Å². The van der Waals surface area contributed by atoms with E-state index < -0.39 is 18.5 Å². The SMILES string of the molecule is Cn1cc(NC(=O)COCC(=O)O)ccc1=O. The molecule has 17 heavy (non-hydrogen) atoms. The lowest BCUT2D eigenvalue weighted by molar-refractivity contribution is -0.143. The van der Waals surface area contributed by atoms with Crippen molar-refractivity contribution in [3.8, 4) is 0 Å². The van der Waals surface area contributed by atoms with Crippen LogP contribution >= 0.6 is 0 Å². The molecule has 0 aliphatic rings. The number of carbonyl (C=O) groups is 2. The van der Waals surface area contributed by atoms with Crippen LogP contribution in [-0.2, 0) is 21.4 Å². The summed E-state index contributed by atoms with van der Waals surface area (Å²) in [5.41, 5.74) is 0.251. The molecular formula is C10H12N2O5. The summed E-state index contributed by atoms with van der Waals surface area (Å²) in [6, 6.07) is 2.77. The smallest absolute Gasteiger partial charge is 0.329 e. The zero-order chi connectivity index (χ0) is 12.8. The summed E-state index contributed by atoms with van der Waals surface area (Å²) < 4.78 is 5.92. The number of nitrogens with zero attached hydrogens (tertiary/aromatic N) is 1. The van der Waals surface area contributed by atoms with Crippen LogP contribution < -0.4 is 10.9 Å². The molecule has 0 spiro atoms. The van der Waals surface area contributed by atoms with E-state index in [-0.39, 0.29) is 12.2 Å². The van der Waals surface area contributed by atoms with Gasteiger partial charge in [-0.3, -0.25) is 9.59 Å². The second-order valence-corrected chi connectivity index (χ2v) is 3.30. The van der Waals surface area contributed by atoms with Gasteiger partial charge in [0, 0.05) is 19.3 Å². The predicted octanol–water partition coefficient (Wildman–Crippen LogP) is -0.575. The van der Waals surface area contributed by atoms with Crippen LogP contribution in [0, 0.1) is 0 Å². The summed E-state index contributed by atoms with van der Waals surface area (Å²) in [5.74, 6) is -1.62. The zero-order valence-corrected chi connectivity index (χ0v) is 9.17. The highest BCUT2D eigenvalue weighted by Gasteiger charge is 2.04. The average Bonchev–Trinajstić information content (AvgIpc) is 2.23. The van der Waals surface area contributed by atoms with Gasteiger partial charge in [-0.05, 0) is 6.07 Å². The van der Waals surface area contributed by atoms with Gasteiger partial charge in [0.2, 0.25) is 11.5 Å². The van der Waals surface area contributed by atoms with Crippen molar-refractivity contribution in [2.24, 2.45) is 7.05 Å². The Hall–Kier alpha value is -2.15. The van der Waals surface area contributed by atoms with Crippen LogP contribution in [0.15, 0.2) is 23.1 Å². The lowest BCUT2D eigenvalue weighted by atomic mass is 10.4.